The van der Waals surface area contributed by atoms with Crippen molar-refractivity contribution in [3.8, 4) is 11.1 Å². The Kier molecular flexibility index (Phi) is 4.38. The number of halogens is 2. The number of benzene rings is 2. The third kappa shape index (κ3) is 3.29. The van der Waals surface area contributed by atoms with E-state index < -0.39 is 11.6 Å². The third-order valence-electron chi connectivity index (χ3n) is 4.25. The van der Waals surface area contributed by atoms with Gasteiger partial charge >= 0.3 is 0 Å². The van der Waals surface area contributed by atoms with Gasteiger partial charge in [0.1, 0.15) is 5.58 Å². The fourth-order valence-electron chi connectivity index (χ4n) is 2.91. The van der Waals surface area contributed by atoms with E-state index in [4.69, 9.17) is 4.42 Å². The average Bonchev–Trinajstić information content (AvgIpc) is 3.13. The molecule has 27 heavy (non-hydrogen) atoms. The van der Waals surface area contributed by atoms with Gasteiger partial charge in [0.15, 0.2) is 11.6 Å². The van der Waals surface area contributed by atoms with Gasteiger partial charge in [0.2, 0.25) is 0 Å². The van der Waals surface area contributed by atoms with E-state index in [1.165, 1.54) is 6.07 Å². The molecule has 0 aliphatic rings. The molecule has 0 aliphatic heterocycles. The Morgan fingerprint density at radius 2 is 1.96 bits per heavy atom. The van der Waals surface area contributed by atoms with Crippen molar-refractivity contribution in [1.29, 1.82) is 0 Å². The number of nitrogens with one attached hydrogen (secondary N) is 1. The Bertz CT molecular complexity index is 1120. The van der Waals surface area contributed by atoms with Gasteiger partial charge in [-0.25, -0.2) is 8.78 Å². The summed E-state index contributed by atoms with van der Waals surface area (Å²) in [6.07, 6.45) is 5.00. The number of aromatic nitrogens is 1. The Morgan fingerprint density at radius 1 is 1.07 bits per heavy atom. The lowest BCUT2D eigenvalue weighted by atomic mass is 10.0. The summed E-state index contributed by atoms with van der Waals surface area (Å²) in [7, 11) is 0. The second-order valence-electron chi connectivity index (χ2n) is 6.00. The molecule has 4 rings (SSSR count). The van der Waals surface area contributed by atoms with Crippen molar-refractivity contribution in [2.24, 2.45) is 0 Å². The fraction of sp³-hybridized carbons (Fsp3) is 0.0476. The van der Waals surface area contributed by atoms with E-state index in [0.717, 1.165) is 28.6 Å². The zero-order valence-corrected chi connectivity index (χ0v) is 14.1. The smallest absolute Gasteiger partial charge is 0.255 e. The predicted molar refractivity (Wildman–Crippen MR) is 97.0 cm³/mol. The molecule has 0 atom stereocenters. The highest BCUT2D eigenvalue weighted by Gasteiger charge is 2.16. The van der Waals surface area contributed by atoms with Gasteiger partial charge in [0.05, 0.1) is 11.8 Å². The monoisotopic (exact) mass is 364 g/mol. The molecule has 134 valence electrons. The predicted octanol–water partition coefficient (Wildman–Crippen LogP) is 4.70. The van der Waals surface area contributed by atoms with Crippen LogP contribution in [0, 0.1) is 11.6 Å². The maximum atomic E-state index is 13.3. The Balaban J connectivity index is 1.61. The lowest BCUT2D eigenvalue weighted by Gasteiger charge is -2.06. The number of furan rings is 1. The van der Waals surface area contributed by atoms with Gasteiger partial charge in [0, 0.05) is 35.5 Å². The minimum atomic E-state index is -0.948. The number of hydrogen-bond acceptors (Lipinski definition) is 3. The van der Waals surface area contributed by atoms with Gasteiger partial charge in [0.25, 0.3) is 5.91 Å². The zero-order valence-electron chi connectivity index (χ0n) is 14.1. The van der Waals surface area contributed by atoms with Crippen molar-refractivity contribution in [1.82, 2.24) is 10.3 Å². The van der Waals surface area contributed by atoms with Crippen LogP contribution in [-0.2, 0) is 6.54 Å². The van der Waals surface area contributed by atoms with Crippen molar-refractivity contribution >= 4 is 16.9 Å². The molecular weight excluding hydrogens is 350 g/mol. The molecule has 2 heterocycles. The van der Waals surface area contributed by atoms with E-state index in [1.807, 2.05) is 18.2 Å². The Morgan fingerprint density at radius 3 is 2.74 bits per heavy atom. The van der Waals surface area contributed by atoms with E-state index >= 15 is 0 Å². The van der Waals surface area contributed by atoms with Crippen LogP contribution in [-0.4, -0.2) is 10.9 Å². The van der Waals surface area contributed by atoms with E-state index in [9.17, 15) is 13.6 Å². The van der Waals surface area contributed by atoms with Crippen molar-refractivity contribution in [3.63, 3.8) is 0 Å². The largest absolute Gasteiger partial charge is 0.463 e. The first-order chi connectivity index (χ1) is 13.1. The molecule has 4 aromatic rings. The van der Waals surface area contributed by atoms with Crippen LogP contribution >= 0.6 is 0 Å². The SMILES string of the molecule is O=C(NCc1ccc(F)c(F)c1)c1cccc2c(-c3cccnc3)coc12. The molecule has 2 aromatic heterocycles. The van der Waals surface area contributed by atoms with E-state index in [1.54, 1.807) is 30.8 Å². The number of carbonyl (C=O) groups excluding carboxylic acids is 1. The number of para-hydroxylation sites is 1. The molecule has 0 radical (unpaired) electrons. The lowest BCUT2D eigenvalue weighted by molar-refractivity contribution is 0.0951. The number of pyridine rings is 1. The Labute approximate surface area is 153 Å². The molecule has 1 amide bonds. The second kappa shape index (κ2) is 6.99. The highest BCUT2D eigenvalue weighted by atomic mass is 19.2. The van der Waals surface area contributed by atoms with Crippen molar-refractivity contribution in [3.05, 3.63) is 89.9 Å². The fourth-order valence-corrected chi connectivity index (χ4v) is 2.91. The van der Waals surface area contributed by atoms with Gasteiger partial charge in [-0.15, -0.1) is 0 Å². The molecule has 6 heteroatoms. The molecular formula is C21H14F2N2O2. The van der Waals surface area contributed by atoms with Crippen molar-refractivity contribution in [2.45, 2.75) is 6.54 Å². The van der Waals surface area contributed by atoms with Crippen molar-refractivity contribution < 1.29 is 18.0 Å². The second-order valence-corrected chi connectivity index (χ2v) is 6.00. The first kappa shape index (κ1) is 16.9. The molecule has 0 unspecified atom stereocenters. The van der Waals surface area contributed by atoms with E-state index in [-0.39, 0.29) is 12.5 Å². The molecule has 0 saturated heterocycles. The first-order valence-electron chi connectivity index (χ1n) is 8.26. The minimum absolute atomic E-state index is 0.0720. The van der Waals surface area contributed by atoms with E-state index in [2.05, 4.69) is 10.3 Å². The summed E-state index contributed by atoms with van der Waals surface area (Å²) in [5.41, 5.74) is 3.01. The quantitative estimate of drug-likeness (QED) is 0.571. The summed E-state index contributed by atoms with van der Waals surface area (Å²) < 4.78 is 31.9. The highest BCUT2D eigenvalue weighted by molar-refractivity contribution is 6.08. The molecule has 0 bridgehead atoms. The number of carbonyl (C=O) groups is 1. The van der Waals surface area contributed by atoms with E-state index in [0.29, 0.717) is 16.7 Å². The van der Waals surface area contributed by atoms with Gasteiger partial charge in [-0.05, 0) is 29.8 Å². The summed E-state index contributed by atoms with van der Waals surface area (Å²) in [6.45, 7) is 0.0720. The number of fused-ring (bicyclic) bond motifs is 1. The van der Waals surface area contributed by atoms with Crippen LogP contribution in [0.3, 0.4) is 0 Å². The molecule has 2 aromatic carbocycles. The molecule has 4 nitrogen and oxygen atoms in total. The third-order valence-corrected chi connectivity index (χ3v) is 4.25. The van der Waals surface area contributed by atoms with Crippen LogP contribution in [0.1, 0.15) is 15.9 Å². The maximum absolute atomic E-state index is 13.3. The molecule has 0 fully saturated rings. The molecule has 0 saturated carbocycles. The van der Waals surface area contributed by atoms with Crippen LogP contribution in [0.15, 0.2) is 71.6 Å². The van der Waals surface area contributed by atoms with Gasteiger partial charge in [-0.3, -0.25) is 9.78 Å². The number of rotatable bonds is 4. The van der Waals surface area contributed by atoms with Crippen molar-refractivity contribution in [2.75, 3.05) is 0 Å². The lowest BCUT2D eigenvalue weighted by Crippen LogP contribution is -2.23. The number of nitrogens with zero attached hydrogens (tertiary/aromatic N) is 1. The normalized spacial score (nSPS) is 10.9. The molecule has 1 N–H and O–H groups in total. The van der Waals surface area contributed by atoms with Gasteiger partial charge in [-0.1, -0.05) is 24.3 Å². The Hall–Kier alpha value is -3.54. The standard InChI is InChI=1S/C21H14F2N2O2/c22-18-7-6-13(9-19(18)23)10-25-21(26)16-5-1-4-15-17(12-27-20(15)16)14-3-2-8-24-11-14/h1-9,11-12H,10H2,(H,25,26). The summed E-state index contributed by atoms with van der Waals surface area (Å²) in [4.78, 5) is 16.7. The van der Waals surface area contributed by atoms with Crippen LogP contribution in [0.5, 0.6) is 0 Å². The minimum Gasteiger partial charge on any atom is -0.463 e. The van der Waals surface area contributed by atoms with Crippen LogP contribution in [0.4, 0.5) is 8.78 Å². The number of amides is 1. The van der Waals surface area contributed by atoms with Crippen LogP contribution in [0.2, 0.25) is 0 Å². The summed E-state index contributed by atoms with van der Waals surface area (Å²) in [6, 6.07) is 12.5. The van der Waals surface area contributed by atoms with Crippen LogP contribution < -0.4 is 5.32 Å². The molecule has 0 spiro atoms. The number of hydrogen-bond donors (Lipinski definition) is 1. The first-order valence-corrected chi connectivity index (χ1v) is 8.26. The van der Waals surface area contributed by atoms with Gasteiger partial charge in [-0.2, -0.15) is 0 Å². The van der Waals surface area contributed by atoms with Gasteiger partial charge < -0.3 is 9.73 Å². The summed E-state index contributed by atoms with van der Waals surface area (Å²) >= 11 is 0. The topological polar surface area (TPSA) is 55.1 Å². The average molecular weight is 364 g/mol. The molecule has 0 aliphatic carbocycles. The van der Waals surface area contributed by atoms with Crippen LogP contribution in [0.25, 0.3) is 22.1 Å². The summed E-state index contributed by atoms with van der Waals surface area (Å²) in [5.74, 6) is -2.23. The summed E-state index contributed by atoms with van der Waals surface area (Å²) in [5, 5.41) is 3.50. The maximum Gasteiger partial charge on any atom is 0.255 e. The highest BCUT2D eigenvalue weighted by Crippen LogP contribution is 2.31. The zero-order chi connectivity index (χ0) is 18.8.